The minimum atomic E-state index is -0.984. The molecule has 0 radical (unpaired) electrons. The van der Waals surface area contributed by atoms with E-state index in [9.17, 15) is 14.7 Å². The summed E-state index contributed by atoms with van der Waals surface area (Å²) in [6.07, 6.45) is 21.2. The van der Waals surface area contributed by atoms with Gasteiger partial charge in [-0.25, -0.2) is 4.79 Å². The molecule has 0 aliphatic rings. The third kappa shape index (κ3) is 15.4. The summed E-state index contributed by atoms with van der Waals surface area (Å²) in [5.41, 5.74) is 0.913. The van der Waals surface area contributed by atoms with Crippen LogP contribution in [0.1, 0.15) is 102 Å². The van der Waals surface area contributed by atoms with Crippen molar-refractivity contribution in [2.45, 2.75) is 109 Å². The van der Waals surface area contributed by atoms with E-state index in [1.54, 1.807) is 0 Å². The van der Waals surface area contributed by atoms with Crippen LogP contribution in [0.2, 0.25) is 0 Å². The Labute approximate surface area is 189 Å². The topological polar surface area (TPSA) is 66.4 Å². The SMILES string of the molecule is CCCCCCCCC=CCCCCCCCC(=O)NC(Cc1ccccc1)C(=O)O. The number of hydrogen-bond acceptors (Lipinski definition) is 2. The lowest BCUT2D eigenvalue weighted by Gasteiger charge is -2.14. The Morgan fingerprint density at radius 3 is 1.97 bits per heavy atom. The molecule has 0 aliphatic heterocycles. The van der Waals surface area contributed by atoms with Crippen molar-refractivity contribution in [1.29, 1.82) is 0 Å². The van der Waals surface area contributed by atoms with E-state index in [0.717, 1.165) is 31.2 Å². The first kappa shape index (κ1) is 26.9. The summed E-state index contributed by atoms with van der Waals surface area (Å²) < 4.78 is 0. The van der Waals surface area contributed by atoms with E-state index in [0.29, 0.717) is 12.8 Å². The van der Waals surface area contributed by atoms with Gasteiger partial charge in [0.05, 0.1) is 0 Å². The lowest BCUT2D eigenvalue weighted by atomic mass is 10.1. The molecule has 4 nitrogen and oxygen atoms in total. The fourth-order valence-corrected chi connectivity index (χ4v) is 3.67. The molecule has 1 amide bonds. The second-order valence-electron chi connectivity index (χ2n) is 8.48. The predicted octanol–water partition coefficient (Wildman–Crippen LogP) is 6.84. The summed E-state index contributed by atoms with van der Waals surface area (Å²) >= 11 is 0. The summed E-state index contributed by atoms with van der Waals surface area (Å²) in [5, 5.41) is 12.0. The number of aliphatic carboxylic acids is 1. The molecule has 1 unspecified atom stereocenters. The van der Waals surface area contributed by atoms with Gasteiger partial charge in [0.1, 0.15) is 6.04 Å². The Morgan fingerprint density at radius 1 is 0.839 bits per heavy atom. The molecule has 31 heavy (non-hydrogen) atoms. The molecule has 0 aromatic heterocycles. The molecule has 4 heteroatoms. The zero-order chi connectivity index (χ0) is 22.6. The maximum Gasteiger partial charge on any atom is 0.326 e. The number of nitrogens with one attached hydrogen (secondary N) is 1. The van der Waals surface area contributed by atoms with Crippen LogP contribution >= 0.6 is 0 Å². The minimum Gasteiger partial charge on any atom is -0.480 e. The number of rotatable bonds is 19. The molecule has 0 aliphatic carbocycles. The van der Waals surface area contributed by atoms with Crippen molar-refractivity contribution in [1.82, 2.24) is 5.32 Å². The smallest absolute Gasteiger partial charge is 0.326 e. The molecule has 0 spiro atoms. The van der Waals surface area contributed by atoms with Crippen molar-refractivity contribution in [3.8, 4) is 0 Å². The number of carboxylic acid groups (broad SMARTS) is 1. The maximum absolute atomic E-state index is 12.1. The van der Waals surface area contributed by atoms with E-state index in [1.807, 2.05) is 30.3 Å². The second kappa shape index (κ2) is 18.7. The van der Waals surface area contributed by atoms with Gasteiger partial charge in [-0.15, -0.1) is 0 Å². The summed E-state index contributed by atoms with van der Waals surface area (Å²) in [6.45, 7) is 2.25. The van der Waals surface area contributed by atoms with Gasteiger partial charge < -0.3 is 10.4 Å². The van der Waals surface area contributed by atoms with Crippen molar-refractivity contribution in [2.24, 2.45) is 0 Å². The van der Waals surface area contributed by atoms with Gasteiger partial charge in [-0.1, -0.05) is 101 Å². The number of benzene rings is 1. The van der Waals surface area contributed by atoms with Crippen LogP contribution in [-0.2, 0) is 16.0 Å². The van der Waals surface area contributed by atoms with Gasteiger partial charge in [0.2, 0.25) is 5.91 Å². The first-order valence-electron chi connectivity index (χ1n) is 12.3. The van der Waals surface area contributed by atoms with Gasteiger partial charge >= 0.3 is 5.97 Å². The first-order chi connectivity index (χ1) is 15.1. The van der Waals surface area contributed by atoms with E-state index in [-0.39, 0.29) is 5.91 Å². The Morgan fingerprint density at radius 2 is 1.39 bits per heavy atom. The zero-order valence-corrected chi connectivity index (χ0v) is 19.5. The van der Waals surface area contributed by atoms with Crippen molar-refractivity contribution >= 4 is 11.9 Å². The van der Waals surface area contributed by atoms with Crippen LogP contribution in [0.3, 0.4) is 0 Å². The Balaban J connectivity index is 2.00. The van der Waals surface area contributed by atoms with Crippen LogP contribution in [0, 0.1) is 0 Å². The first-order valence-corrected chi connectivity index (χ1v) is 12.3. The molecule has 0 bridgehead atoms. The standard InChI is InChI=1S/C27H43NO3/c1-2-3-4-5-6-7-8-9-10-11-12-13-14-15-19-22-26(29)28-25(27(30)31)23-24-20-17-16-18-21-24/h9-10,16-18,20-21,25H,2-8,11-15,19,22-23H2,1H3,(H,28,29)(H,30,31). The average molecular weight is 430 g/mol. The van der Waals surface area contributed by atoms with E-state index >= 15 is 0 Å². The summed E-state index contributed by atoms with van der Waals surface area (Å²) in [6, 6.07) is 8.55. The second-order valence-corrected chi connectivity index (χ2v) is 8.48. The molecule has 0 saturated heterocycles. The molecule has 2 N–H and O–H groups in total. The summed E-state index contributed by atoms with van der Waals surface area (Å²) in [5.74, 6) is -1.15. The number of carboxylic acids is 1. The van der Waals surface area contributed by atoms with Gasteiger partial charge in [0.25, 0.3) is 0 Å². The van der Waals surface area contributed by atoms with Crippen LogP contribution in [-0.4, -0.2) is 23.0 Å². The highest BCUT2D eigenvalue weighted by molar-refractivity contribution is 5.83. The monoisotopic (exact) mass is 429 g/mol. The number of unbranched alkanes of at least 4 members (excludes halogenated alkanes) is 11. The quantitative estimate of drug-likeness (QED) is 0.187. The fraction of sp³-hybridized carbons (Fsp3) is 0.630. The van der Waals surface area contributed by atoms with Gasteiger partial charge in [-0.05, 0) is 37.7 Å². The summed E-state index contributed by atoms with van der Waals surface area (Å²) in [7, 11) is 0. The molecule has 0 fully saturated rings. The van der Waals surface area contributed by atoms with Crippen LogP contribution in [0.4, 0.5) is 0 Å². The summed E-state index contributed by atoms with van der Waals surface area (Å²) in [4.78, 5) is 23.5. The van der Waals surface area contributed by atoms with Crippen LogP contribution < -0.4 is 5.32 Å². The normalized spacial score (nSPS) is 12.2. The highest BCUT2D eigenvalue weighted by Gasteiger charge is 2.19. The maximum atomic E-state index is 12.1. The third-order valence-electron chi connectivity index (χ3n) is 5.58. The number of carbonyl (C=O) groups is 2. The highest BCUT2D eigenvalue weighted by atomic mass is 16.4. The lowest BCUT2D eigenvalue weighted by Crippen LogP contribution is -2.42. The molecule has 1 aromatic carbocycles. The Kier molecular flexibility index (Phi) is 16.2. The molecule has 1 atom stereocenters. The molecule has 0 heterocycles. The predicted molar refractivity (Wildman–Crippen MR) is 129 cm³/mol. The molecule has 0 saturated carbocycles. The zero-order valence-electron chi connectivity index (χ0n) is 19.5. The van der Waals surface area contributed by atoms with Crippen LogP contribution in [0.15, 0.2) is 42.5 Å². The number of carbonyl (C=O) groups excluding carboxylic acids is 1. The largest absolute Gasteiger partial charge is 0.480 e. The van der Waals surface area contributed by atoms with Crippen molar-refractivity contribution in [3.05, 3.63) is 48.0 Å². The number of amides is 1. The highest BCUT2D eigenvalue weighted by Crippen LogP contribution is 2.10. The van der Waals surface area contributed by atoms with Gasteiger partial charge in [0, 0.05) is 12.8 Å². The van der Waals surface area contributed by atoms with Crippen LogP contribution in [0.25, 0.3) is 0 Å². The number of hydrogen-bond donors (Lipinski definition) is 2. The molecule has 174 valence electrons. The minimum absolute atomic E-state index is 0.166. The van der Waals surface area contributed by atoms with Gasteiger partial charge in [0.15, 0.2) is 0 Å². The molecular weight excluding hydrogens is 386 g/mol. The van der Waals surface area contributed by atoms with Crippen molar-refractivity contribution in [3.63, 3.8) is 0 Å². The Hall–Kier alpha value is -2.10. The van der Waals surface area contributed by atoms with E-state index in [4.69, 9.17) is 0 Å². The van der Waals surface area contributed by atoms with E-state index in [1.165, 1.54) is 57.8 Å². The van der Waals surface area contributed by atoms with Gasteiger partial charge in [-0.3, -0.25) is 4.79 Å². The van der Waals surface area contributed by atoms with Crippen molar-refractivity contribution < 1.29 is 14.7 Å². The lowest BCUT2D eigenvalue weighted by molar-refractivity contribution is -0.141. The van der Waals surface area contributed by atoms with Crippen LogP contribution in [0.5, 0.6) is 0 Å². The molecule has 1 aromatic rings. The number of allylic oxidation sites excluding steroid dienone is 2. The third-order valence-corrected chi connectivity index (χ3v) is 5.58. The molecular formula is C27H43NO3. The van der Waals surface area contributed by atoms with Crippen molar-refractivity contribution in [2.75, 3.05) is 0 Å². The van der Waals surface area contributed by atoms with E-state index < -0.39 is 12.0 Å². The van der Waals surface area contributed by atoms with Gasteiger partial charge in [-0.2, -0.15) is 0 Å². The molecule has 1 rings (SSSR count). The van der Waals surface area contributed by atoms with E-state index in [2.05, 4.69) is 24.4 Å². The average Bonchev–Trinajstić information content (AvgIpc) is 2.76. The fourth-order valence-electron chi connectivity index (χ4n) is 3.67. The Bertz CT molecular complexity index is 612.